The van der Waals surface area contributed by atoms with Crippen molar-refractivity contribution >= 4 is 7.12 Å². The fourth-order valence-electron chi connectivity index (χ4n) is 2.47. The summed E-state index contributed by atoms with van der Waals surface area (Å²) >= 11 is 0. The van der Waals surface area contributed by atoms with Gasteiger partial charge >= 0.3 is 7.12 Å². The zero-order valence-electron chi connectivity index (χ0n) is 14.1. The van der Waals surface area contributed by atoms with E-state index < -0.39 is 18.3 Å². The Morgan fingerprint density at radius 2 is 1.78 bits per heavy atom. The van der Waals surface area contributed by atoms with E-state index in [0.717, 1.165) is 18.6 Å². The third-order valence-electron chi connectivity index (χ3n) is 4.99. The van der Waals surface area contributed by atoms with Gasteiger partial charge in [-0.1, -0.05) is 0 Å². The Morgan fingerprint density at radius 1 is 1.22 bits per heavy atom. The van der Waals surface area contributed by atoms with Crippen molar-refractivity contribution in [2.24, 2.45) is 5.41 Å². The van der Waals surface area contributed by atoms with Gasteiger partial charge in [0.05, 0.1) is 17.8 Å². The summed E-state index contributed by atoms with van der Waals surface area (Å²) in [5, 5.41) is 0. The number of rotatable bonds is 5. The van der Waals surface area contributed by atoms with E-state index >= 15 is 0 Å². The summed E-state index contributed by atoms with van der Waals surface area (Å²) in [6, 6.07) is 3.59. The van der Waals surface area contributed by atoms with Crippen LogP contribution in [0.4, 0.5) is 4.39 Å². The topological polar surface area (TPSA) is 40.6 Å². The fourth-order valence-corrected chi connectivity index (χ4v) is 2.47. The maximum absolute atomic E-state index is 14.6. The van der Waals surface area contributed by atoms with Crippen LogP contribution in [0.5, 0.6) is 5.75 Å². The Morgan fingerprint density at radius 3 is 2.30 bits per heavy atom. The molecular weight excluding hydrogens is 296 g/mol. The van der Waals surface area contributed by atoms with Crippen molar-refractivity contribution < 1.29 is 18.4 Å². The summed E-state index contributed by atoms with van der Waals surface area (Å²) < 4.78 is 31.8. The van der Waals surface area contributed by atoms with E-state index in [0.29, 0.717) is 6.61 Å². The normalized spacial score (nSPS) is 24.6. The number of halogens is 1. The van der Waals surface area contributed by atoms with Gasteiger partial charge in [-0.3, -0.25) is 4.98 Å². The minimum atomic E-state index is -0.932. The lowest BCUT2D eigenvalue weighted by Gasteiger charge is -2.32. The van der Waals surface area contributed by atoms with Gasteiger partial charge in [0.1, 0.15) is 11.5 Å². The van der Waals surface area contributed by atoms with Gasteiger partial charge in [-0.2, -0.15) is 0 Å². The number of hydrogen-bond donors (Lipinski definition) is 0. The zero-order chi connectivity index (χ0) is 16.7. The quantitative estimate of drug-likeness (QED) is 0.776. The molecule has 0 aromatic carbocycles. The lowest BCUT2D eigenvalue weighted by molar-refractivity contribution is 0.00578. The number of ether oxygens (including phenoxy) is 1. The van der Waals surface area contributed by atoms with Crippen molar-refractivity contribution in [2.75, 3.05) is 6.61 Å². The van der Waals surface area contributed by atoms with Crippen LogP contribution in [0.3, 0.4) is 0 Å². The predicted octanol–water partition coefficient (Wildman–Crippen LogP) is 3.73. The molecule has 2 fully saturated rings. The first kappa shape index (κ1) is 16.5. The molecule has 0 unspecified atom stereocenters. The van der Waals surface area contributed by atoms with Gasteiger partial charge in [0.15, 0.2) is 0 Å². The molecular formula is C17H23BFNO3. The Hall–Kier alpha value is -1.40. The zero-order valence-corrected chi connectivity index (χ0v) is 14.1. The van der Waals surface area contributed by atoms with Crippen molar-refractivity contribution in [3.05, 3.63) is 36.3 Å². The first-order chi connectivity index (χ1) is 10.7. The van der Waals surface area contributed by atoms with Crippen LogP contribution in [0.15, 0.2) is 36.3 Å². The second-order valence-electron chi connectivity index (χ2n) is 7.45. The van der Waals surface area contributed by atoms with Crippen molar-refractivity contribution in [1.29, 1.82) is 0 Å². The Labute approximate surface area is 137 Å². The highest BCUT2D eigenvalue weighted by Crippen LogP contribution is 2.49. The van der Waals surface area contributed by atoms with Crippen LogP contribution in [0, 0.1) is 5.41 Å². The van der Waals surface area contributed by atoms with Crippen molar-refractivity contribution in [2.45, 2.75) is 51.7 Å². The minimum absolute atomic E-state index is 0.253. The molecule has 0 atom stereocenters. The van der Waals surface area contributed by atoms with E-state index in [4.69, 9.17) is 14.0 Å². The highest BCUT2D eigenvalue weighted by atomic mass is 19.1. The first-order valence-electron chi connectivity index (χ1n) is 8.00. The van der Waals surface area contributed by atoms with Gasteiger partial charge in [-0.25, -0.2) is 4.39 Å². The van der Waals surface area contributed by atoms with Crippen LogP contribution >= 0.6 is 0 Å². The van der Waals surface area contributed by atoms with Gasteiger partial charge in [-0.15, -0.1) is 0 Å². The SMILES string of the molecule is CC1(C)OB(C(F)=CC2(COc3ccncc3)CC2)OC1(C)C. The molecule has 0 amide bonds. The lowest BCUT2D eigenvalue weighted by atomic mass is 9.85. The van der Waals surface area contributed by atoms with Gasteiger partial charge in [0, 0.05) is 17.8 Å². The average Bonchev–Trinajstić information content (AvgIpc) is 3.20. The minimum Gasteiger partial charge on any atom is -0.493 e. The predicted molar refractivity (Wildman–Crippen MR) is 86.7 cm³/mol. The lowest BCUT2D eigenvalue weighted by Crippen LogP contribution is -2.41. The molecule has 0 spiro atoms. The van der Waals surface area contributed by atoms with Gasteiger partial charge < -0.3 is 14.0 Å². The summed E-state index contributed by atoms with van der Waals surface area (Å²) in [7, 11) is -0.932. The van der Waals surface area contributed by atoms with Crippen LogP contribution in [0.25, 0.3) is 0 Å². The van der Waals surface area contributed by atoms with Crippen LogP contribution in [-0.4, -0.2) is 29.9 Å². The molecule has 1 aliphatic heterocycles. The van der Waals surface area contributed by atoms with Crippen LogP contribution in [0.2, 0.25) is 0 Å². The van der Waals surface area contributed by atoms with E-state index in [-0.39, 0.29) is 11.1 Å². The molecule has 124 valence electrons. The monoisotopic (exact) mass is 319 g/mol. The second-order valence-corrected chi connectivity index (χ2v) is 7.45. The van der Waals surface area contributed by atoms with Crippen molar-refractivity contribution in [3.63, 3.8) is 0 Å². The van der Waals surface area contributed by atoms with Gasteiger partial charge in [0.2, 0.25) is 0 Å². The number of pyridine rings is 1. The fraction of sp³-hybridized carbons (Fsp3) is 0.588. The molecule has 0 radical (unpaired) electrons. The molecule has 1 saturated heterocycles. The third kappa shape index (κ3) is 3.43. The molecule has 2 aliphatic rings. The molecule has 1 saturated carbocycles. The Balaban J connectivity index is 1.64. The first-order valence-corrected chi connectivity index (χ1v) is 8.00. The van der Waals surface area contributed by atoms with E-state index in [1.165, 1.54) is 0 Å². The summed E-state index contributed by atoms with van der Waals surface area (Å²) in [4.78, 5) is 3.95. The summed E-state index contributed by atoms with van der Waals surface area (Å²) in [5.74, 6) is 0.746. The Bertz CT molecular complexity index is 583. The van der Waals surface area contributed by atoms with E-state index in [9.17, 15) is 4.39 Å². The highest BCUT2D eigenvalue weighted by Gasteiger charge is 2.54. The summed E-state index contributed by atoms with van der Waals surface area (Å²) in [6.45, 7) is 8.11. The van der Waals surface area contributed by atoms with Gasteiger partial charge in [0.25, 0.3) is 0 Å². The van der Waals surface area contributed by atoms with Crippen LogP contribution in [0.1, 0.15) is 40.5 Å². The largest absolute Gasteiger partial charge is 0.524 e. The number of nitrogens with zero attached hydrogens (tertiary/aromatic N) is 1. The number of aromatic nitrogens is 1. The smallest absolute Gasteiger partial charge is 0.493 e. The van der Waals surface area contributed by atoms with Crippen molar-refractivity contribution in [1.82, 2.24) is 4.98 Å². The van der Waals surface area contributed by atoms with E-state index in [1.54, 1.807) is 30.6 Å². The molecule has 2 heterocycles. The average molecular weight is 319 g/mol. The molecule has 23 heavy (non-hydrogen) atoms. The molecule has 1 aromatic heterocycles. The second kappa shape index (κ2) is 5.60. The van der Waals surface area contributed by atoms with E-state index in [2.05, 4.69) is 4.98 Å². The molecule has 6 heteroatoms. The highest BCUT2D eigenvalue weighted by molar-refractivity contribution is 6.53. The molecule has 4 nitrogen and oxygen atoms in total. The maximum Gasteiger partial charge on any atom is 0.524 e. The summed E-state index contributed by atoms with van der Waals surface area (Å²) in [5.41, 5.74) is -1.68. The molecule has 0 bridgehead atoms. The van der Waals surface area contributed by atoms with E-state index in [1.807, 2.05) is 27.7 Å². The standard InChI is InChI=1S/C17H23BFNO3/c1-15(2)16(3,4)23-18(22-15)14(19)11-17(7-8-17)12-21-13-5-9-20-10-6-13/h5-6,9-11H,7-8,12H2,1-4H3. The molecule has 1 aliphatic carbocycles. The maximum atomic E-state index is 14.6. The molecule has 0 N–H and O–H groups in total. The Kier molecular flexibility index (Phi) is 4.01. The number of hydrogen-bond acceptors (Lipinski definition) is 4. The summed E-state index contributed by atoms with van der Waals surface area (Å²) in [6.07, 6.45) is 6.79. The van der Waals surface area contributed by atoms with Gasteiger partial charge in [-0.05, 0) is 58.7 Å². The molecule has 1 aromatic rings. The van der Waals surface area contributed by atoms with Crippen molar-refractivity contribution in [3.8, 4) is 5.75 Å². The molecule has 3 rings (SSSR count). The third-order valence-corrected chi connectivity index (χ3v) is 4.99. The van der Waals surface area contributed by atoms with Crippen LogP contribution in [-0.2, 0) is 9.31 Å². The van der Waals surface area contributed by atoms with Crippen LogP contribution < -0.4 is 4.74 Å².